The van der Waals surface area contributed by atoms with Gasteiger partial charge in [-0.2, -0.15) is 0 Å². The molecule has 0 atom stereocenters. The van der Waals surface area contributed by atoms with Crippen LogP contribution in [0.25, 0.3) is 10.9 Å². The second-order valence-corrected chi connectivity index (χ2v) is 5.16. The molecule has 0 amide bonds. The van der Waals surface area contributed by atoms with Crippen LogP contribution in [0.3, 0.4) is 0 Å². The van der Waals surface area contributed by atoms with E-state index in [-0.39, 0.29) is 12.5 Å². The van der Waals surface area contributed by atoms with Crippen LogP contribution in [-0.2, 0) is 6.54 Å². The number of nitrogens with zero attached hydrogens (tertiary/aromatic N) is 1. The Morgan fingerprint density at radius 3 is 2.52 bits per heavy atom. The van der Waals surface area contributed by atoms with Gasteiger partial charge in [0.2, 0.25) is 5.43 Å². The lowest BCUT2D eigenvalue weighted by Crippen LogP contribution is -2.21. The molecule has 0 aliphatic heterocycles. The number of carboxylic acids is 1. The minimum atomic E-state index is -1.67. The molecule has 0 unspecified atom stereocenters. The first-order valence-electron chi connectivity index (χ1n) is 6.34. The summed E-state index contributed by atoms with van der Waals surface area (Å²) in [5, 5.41) is 8.55. The van der Waals surface area contributed by atoms with Crippen molar-refractivity contribution in [3.05, 3.63) is 45.5 Å². The van der Waals surface area contributed by atoms with Gasteiger partial charge in [-0.3, -0.25) is 4.79 Å². The van der Waals surface area contributed by atoms with Crippen molar-refractivity contribution in [2.24, 2.45) is 5.92 Å². The topological polar surface area (TPSA) is 59.3 Å². The predicted octanol–water partition coefficient (Wildman–Crippen LogP) is 2.53. The van der Waals surface area contributed by atoms with Crippen molar-refractivity contribution in [2.75, 3.05) is 0 Å². The molecule has 0 spiro atoms. The fourth-order valence-corrected chi connectivity index (χ4v) is 2.34. The van der Waals surface area contributed by atoms with E-state index in [1.807, 2.05) is 0 Å². The number of hydrogen-bond donors (Lipinski definition) is 1. The van der Waals surface area contributed by atoms with Crippen molar-refractivity contribution in [1.82, 2.24) is 4.57 Å². The monoisotopic (exact) mass is 297 g/mol. The smallest absolute Gasteiger partial charge is 0.341 e. The molecule has 2 aromatic rings. The average molecular weight is 297 g/mol. The van der Waals surface area contributed by atoms with Crippen LogP contribution in [0.2, 0.25) is 0 Å². The number of aromatic nitrogens is 1. The Hall–Kier alpha value is -2.31. The summed E-state index contributed by atoms with van der Waals surface area (Å²) in [6.45, 7) is 0.263. The average Bonchev–Trinajstić information content (AvgIpc) is 3.22. The lowest BCUT2D eigenvalue weighted by atomic mass is 10.1. The molecule has 1 aliphatic rings. The lowest BCUT2D eigenvalue weighted by molar-refractivity contribution is 0.0694. The summed E-state index contributed by atoms with van der Waals surface area (Å²) in [4.78, 5) is 23.1. The highest BCUT2D eigenvalue weighted by molar-refractivity contribution is 5.92. The molecule has 1 heterocycles. The fourth-order valence-electron chi connectivity index (χ4n) is 2.34. The largest absolute Gasteiger partial charge is 0.477 e. The Balaban J connectivity index is 2.41. The Morgan fingerprint density at radius 2 is 1.95 bits per heavy atom. The van der Waals surface area contributed by atoms with E-state index in [1.165, 1.54) is 4.57 Å². The van der Waals surface area contributed by atoms with E-state index in [1.54, 1.807) is 0 Å². The Kier molecular flexibility index (Phi) is 3.00. The minimum Gasteiger partial charge on any atom is -0.477 e. The summed E-state index contributed by atoms with van der Waals surface area (Å²) < 4.78 is 41.9. The third-order valence-corrected chi connectivity index (χ3v) is 3.58. The molecule has 21 heavy (non-hydrogen) atoms. The minimum absolute atomic E-state index is 0.227. The number of fused-ring (bicyclic) bond motifs is 1. The maximum atomic E-state index is 14.0. The van der Waals surface area contributed by atoms with Crippen LogP contribution in [0.15, 0.2) is 17.1 Å². The summed E-state index contributed by atoms with van der Waals surface area (Å²) in [5.41, 5.74) is -2.01. The summed E-state index contributed by atoms with van der Waals surface area (Å²) in [6.07, 6.45) is 2.77. The zero-order chi connectivity index (χ0) is 15.3. The van der Waals surface area contributed by atoms with Crippen LogP contribution in [0, 0.1) is 23.4 Å². The molecule has 1 fully saturated rings. The number of pyridine rings is 1. The Labute approximate surface area is 116 Å². The maximum Gasteiger partial charge on any atom is 0.341 e. The van der Waals surface area contributed by atoms with Gasteiger partial charge in [0.1, 0.15) is 5.56 Å². The highest BCUT2D eigenvalue weighted by atomic mass is 19.2. The van der Waals surface area contributed by atoms with Crippen LogP contribution in [-0.4, -0.2) is 15.6 Å². The van der Waals surface area contributed by atoms with E-state index in [2.05, 4.69) is 0 Å². The molecule has 1 aliphatic carbocycles. The molecule has 3 rings (SSSR count). The van der Waals surface area contributed by atoms with Gasteiger partial charge in [-0.15, -0.1) is 0 Å². The summed E-state index contributed by atoms with van der Waals surface area (Å²) >= 11 is 0. The summed E-state index contributed by atoms with van der Waals surface area (Å²) in [6, 6.07) is 0.548. The molecule has 1 N–H and O–H groups in total. The SMILES string of the molecule is O=C(O)c1cn(CC2CC2)c2c(F)c(F)c(F)cc2c1=O. The van der Waals surface area contributed by atoms with Crippen molar-refractivity contribution in [3.63, 3.8) is 0 Å². The van der Waals surface area contributed by atoms with Gasteiger partial charge >= 0.3 is 5.97 Å². The molecule has 1 aromatic carbocycles. The highest BCUT2D eigenvalue weighted by Gasteiger charge is 2.26. The number of carboxylic acid groups (broad SMARTS) is 1. The van der Waals surface area contributed by atoms with Gasteiger partial charge in [-0.05, 0) is 24.8 Å². The number of benzene rings is 1. The molecular formula is C14H10F3NO3. The molecule has 1 saturated carbocycles. The zero-order valence-corrected chi connectivity index (χ0v) is 10.7. The van der Waals surface area contributed by atoms with Crippen LogP contribution in [0.1, 0.15) is 23.2 Å². The van der Waals surface area contributed by atoms with Crippen LogP contribution >= 0.6 is 0 Å². The third-order valence-electron chi connectivity index (χ3n) is 3.58. The molecule has 0 radical (unpaired) electrons. The first-order chi connectivity index (χ1) is 9.90. The van der Waals surface area contributed by atoms with E-state index < -0.39 is 45.3 Å². The molecular weight excluding hydrogens is 287 g/mol. The number of carbonyl (C=O) groups is 1. The maximum absolute atomic E-state index is 14.0. The summed E-state index contributed by atoms with van der Waals surface area (Å²) in [7, 11) is 0. The van der Waals surface area contributed by atoms with Gasteiger partial charge in [0, 0.05) is 12.7 Å². The van der Waals surface area contributed by atoms with E-state index in [0.717, 1.165) is 19.0 Å². The Morgan fingerprint density at radius 1 is 1.29 bits per heavy atom. The molecule has 0 saturated heterocycles. The van der Waals surface area contributed by atoms with Gasteiger partial charge in [-0.25, -0.2) is 18.0 Å². The molecule has 110 valence electrons. The summed E-state index contributed by atoms with van der Waals surface area (Å²) in [5.74, 6) is -5.92. The van der Waals surface area contributed by atoms with Gasteiger partial charge in [-0.1, -0.05) is 0 Å². The van der Waals surface area contributed by atoms with Crippen molar-refractivity contribution in [1.29, 1.82) is 0 Å². The number of rotatable bonds is 3. The number of aromatic carboxylic acids is 1. The highest BCUT2D eigenvalue weighted by Crippen LogP contribution is 2.32. The molecule has 4 nitrogen and oxygen atoms in total. The van der Waals surface area contributed by atoms with E-state index in [9.17, 15) is 22.8 Å². The van der Waals surface area contributed by atoms with Crippen molar-refractivity contribution >= 4 is 16.9 Å². The van der Waals surface area contributed by atoms with Crippen LogP contribution < -0.4 is 5.43 Å². The molecule has 0 bridgehead atoms. The first kappa shape index (κ1) is 13.7. The van der Waals surface area contributed by atoms with Gasteiger partial charge in [0.15, 0.2) is 17.5 Å². The van der Waals surface area contributed by atoms with Gasteiger partial charge in [0.25, 0.3) is 0 Å². The first-order valence-corrected chi connectivity index (χ1v) is 6.34. The molecule has 1 aromatic heterocycles. The van der Waals surface area contributed by atoms with Gasteiger partial charge < -0.3 is 9.67 Å². The molecule has 7 heteroatoms. The fraction of sp³-hybridized carbons (Fsp3) is 0.286. The van der Waals surface area contributed by atoms with Gasteiger partial charge in [0.05, 0.1) is 10.9 Å². The van der Waals surface area contributed by atoms with E-state index in [4.69, 9.17) is 5.11 Å². The van der Waals surface area contributed by atoms with Crippen molar-refractivity contribution in [2.45, 2.75) is 19.4 Å². The van der Waals surface area contributed by atoms with E-state index >= 15 is 0 Å². The zero-order valence-electron chi connectivity index (χ0n) is 10.7. The van der Waals surface area contributed by atoms with Crippen LogP contribution in [0.5, 0.6) is 0 Å². The van der Waals surface area contributed by atoms with Crippen molar-refractivity contribution < 1.29 is 23.1 Å². The second kappa shape index (κ2) is 4.61. The normalized spacial score (nSPS) is 14.6. The third kappa shape index (κ3) is 2.18. The number of hydrogen-bond acceptors (Lipinski definition) is 2. The van der Waals surface area contributed by atoms with E-state index in [0.29, 0.717) is 6.07 Å². The van der Waals surface area contributed by atoms with Crippen molar-refractivity contribution in [3.8, 4) is 0 Å². The number of halogens is 3. The Bertz CT molecular complexity index is 825. The van der Waals surface area contributed by atoms with Crippen LogP contribution in [0.4, 0.5) is 13.2 Å². The second-order valence-electron chi connectivity index (χ2n) is 5.16. The quantitative estimate of drug-likeness (QED) is 0.886. The standard InChI is InChI=1S/C14H10F3NO3/c15-9-3-7-12(11(17)10(9)16)18(4-6-1-2-6)5-8(13(7)19)14(20)21/h3,5-6H,1-2,4H2,(H,20,21). The predicted molar refractivity (Wildman–Crippen MR) is 67.8 cm³/mol. The lowest BCUT2D eigenvalue weighted by Gasteiger charge is -2.13.